The molecule has 7 nitrogen and oxygen atoms in total. The Balaban J connectivity index is 2.29. The number of nitrogens with zero attached hydrogens (tertiary/aromatic N) is 4. The number of rotatable bonds is 3. The van der Waals surface area contributed by atoms with Crippen LogP contribution in [0, 0.1) is 10.1 Å². The highest BCUT2D eigenvalue weighted by molar-refractivity contribution is 6.29. The summed E-state index contributed by atoms with van der Waals surface area (Å²) >= 11 is 5.69. The number of halogens is 1. The largest absolute Gasteiger partial charge is 0.337 e. The zero-order valence-corrected chi connectivity index (χ0v) is 9.55. The molecule has 0 amide bonds. The van der Waals surface area contributed by atoms with Gasteiger partial charge in [-0.1, -0.05) is 11.6 Å². The zero-order valence-electron chi connectivity index (χ0n) is 8.79. The van der Waals surface area contributed by atoms with Gasteiger partial charge in [-0.05, 0) is 0 Å². The van der Waals surface area contributed by atoms with Crippen LogP contribution < -0.4 is 5.32 Å². The molecule has 0 fully saturated rings. The number of hydrogen-bond donors (Lipinski definition) is 1. The summed E-state index contributed by atoms with van der Waals surface area (Å²) in [4.78, 5) is 14.0. The lowest BCUT2D eigenvalue weighted by Crippen LogP contribution is -1.96. The van der Waals surface area contributed by atoms with E-state index in [1.54, 1.807) is 24.1 Å². The first-order valence-corrected chi connectivity index (χ1v) is 5.00. The lowest BCUT2D eigenvalue weighted by Gasteiger charge is -2.02. The molecule has 2 rings (SSSR count). The number of nitrogens with one attached hydrogen (secondary N) is 1. The molecule has 2 aromatic heterocycles. The minimum atomic E-state index is -0.526. The van der Waals surface area contributed by atoms with Gasteiger partial charge in [0.1, 0.15) is 11.0 Å². The highest BCUT2D eigenvalue weighted by atomic mass is 35.5. The van der Waals surface area contributed by atoms with Crippen LogP contribution in [0.4, 0.5) is 17.2 Å². The summed E-state index contributed by atoms with van der Waals surface area (Å²) in [7, 11) is 1.76. The number of nitro groups is 1. The lowest BCUT2D eigenvalue weighted by molar-refractivity contribution is -0.384. The van der Waals surface area contributed by atoms with Crippen LogP contribution in [0.1, 0.15) is 0 Å². The van der Waals surface area contributed by atoms with Crippen molar-refractivity contribution in [1.29, 1.82) is 0 Å². The maximum atomic E-state index is 10.6. The topological polar surface area (TPSA) is 85.9 Å². The van der Waals surface area contributed by atoms with Gasteiger partial charge >= 0.3 is 0 Å². The minimum absolute atomic E-state index is 0.0607. The molecule has 0 aliphatic carbocycles. The SMILES string of the molecule is Cn1cc(Nc2cc([N+](=O)[O-])cc(Cl)n2)cn1. The first-order chi connectivity index (χ1) is 8.04. The molecule has 2 aromatic rings. The maximum absolute atomic E-state index is 10.6. The molecule has 0 bridgehead atoms. The predicted octanol–water partition coefficient (Wildman–Crippen LogP) is 2.12. The molecule has 0 unspecified atom stereocenters. The number of hydrogen-bond acceptors (Lipinski definition) is 5. The van der Waals surface area contributed by atoms with Crippen molar-refractivity contribution in [3.05, 3.63) is 39.8 Å². The quantitative estimate of drug-likeness (QED) is 0.514. The van der Waals surface area contributed by atoms with E-state index in [1.165, 1.54) is 12.1 Å². The average Bonchev–Trinajstić information content (AvgIpc) is 2.63. The summed E-state index contributed by atoms with van der Waals surface area (Å²) < 4.78 is 1.60. The second kappa shape index (κ2) is 4.38. The molecule has 0 saturated carbocycles. The van der Waals surface area contributed by atoms with E-state index in [0.717, 1.165) is 0 Å². The molecule has 0 spiro atoms. The Morgan fingerprint density at radius 2 is 2.29 bits per heavy atom. The average molecular weight is 254 g/mol. The van der Waals surface area contributed by atoms with Crippen LogP contribution in [0.2, 0.25) is 5.15 Å². The standard InChI is InChI=1S/C9H8ClN5O2/c1-14-5-6(4-11-14)12-9-3-7(15(16)17)2-8(10)13-9/h2-5H,1H3,(H,12,13). The molecule has 0 atom stereocenters. The smallest absolute Gasteiger partial charge is 0.276 e. The highest BCUT2D eigenvalue weighted by Gasteiger charge is 2.10. The monoisotopic (exact) mass is 253 g/mol. The van der Waals surface area contributed by atoms with Gasteiger partial charge in [-0.2, -0.15) is 5.10 Å². The van der Waals surface area contributed by atoms with E-state index >= 15 is 0 Å². The summed E-state index contributed by atoms with van der Waals surface area (Å²) in [6.07, 6.45) is 3.29. The molecule has 0 saturated heterocycles. The summed E-state index contributed by atoms with van der Waals surface area (Å²) in [5, 5.41) is 17.5. The Morgan fingerprint density at radius 1 is 1.53 bits per heavy atom. The minimum Gasteiger partial charge on any atom is -0.337 e. The normalized spacial score (nSPS) is 10.2. The maximum Gasteiger partial charge on any atom is 0.276 e. The van der Waals surface area contributed by atoms with Gasteiger partial charge in [-0.25, -0.2) is 4.98 Å². The fourth-order valence-electron chi connectivity index (χ4n) is 1.29. The van der Waals surface area contributed by atoms with Gasteiger partial charge in [-0.3, -0.25) is 14.8 Å². The van der Waals surface area contributed by atoms with Crippen molar-refractivity contribution in [2.24, 2.45) is 7.05 Å². The molecule has 0 aliphatic rings. The fourth-order valence-corrected chi connectivity index (χ4v) is 1.49. The second-order valence-corrected chi connectivity index (χ2v) is 3.71. The van der Waals surface area contributed by atoms with E-state index < -0.39 is 4.92 Å². The van der Waals surface area contributed by atoms with Crippen LogP contribution in [-0.4, -0.2) is 19.7 Å². The predicted molar refractivity (Wildman–Crippen MR) is 62.4 cm³/mol. The molecule has 0 aromatic carbocycles. The number of pyridine rings is 1. The van der Waals surface area contributed by atoms with Crippen LogP contribution in [0.3, 0.4) is 0 Å². The third-order valence-electron chi connectivity index (χ3n) is 1.97. The van der Waals surface area contributed by atoms with E-state index in [1.807, 2.05) is 0 Å². The van der Waals surface area contributed by atoms with Gasteiger partial charge in [-0.15, -0.1) is 0 Å². The third-order valence-corrected chi connectivity index (χ3v) is 2.16. The number of anilines is 2. The fraction of sp³-hybridized carbons (Fsp3) is 0.111. The molecule has 8 heteroatoms. The van der Waals surface area contributed by atoms with Crippen molar-refractivity contribution in [2.75, 3.05) is 5.32 Å². The Morgan fingerprint density at radius 3 is 2.88 bits per heavy atom. The summed E-state index contributed by atoms with van der Waals surface area (Å²) in [5.74, 6) is 0.303. The van der Waals surface area contributed by atoms with Gasteiger partial charge in [0.15, 0.2) is 0 Å². The van der Waals surface area contributed by atoms with Crippen molar-refractivity contribution in [1.82, 2.24) is 14.8 Å². The molecule has 88 valence electrons. The number of aryl methyl sites for hydroxylation is 1. The molecule has 0 aliphatic heterocycles. The van der Waals surface area contributed by atoms with Gasteiger partial charge in [0.25, 0.3) is 5.69 Å². The Hall–Kier alpha value is -2.15. The molecule has 17 heavy (non-hydrogen) atoms. The molecule has 2 heterocycles. The molecular formula is C9H8ClN5O2. The first-order valence-electron chi connectivity index (χ1n) is 4.62. The van der Waals surface area contributed by atoms with Crippen molar-refractivity contribution < 1.29 is 4.92 Å². The van der Waals surface area contributed by atoms with Crippen molar-refractivity contribution in [3.8, 4) is 0 Å². The van der Waals surface area contributed by atoms with E-state index in [2.05, 4.69) is 15.4 Å². The molecular weight excluding hydrogens is 246 g/mol. The third kappa shape index (κ3) is 2.70. The van der Waals surface area contributed by atoms with Gasteiger partial charge in [0, 0.05) is 13.2 Å². The van der Waals surface area contributed by atoms with Crippen LogP contribution >= 0.6 is 11.6 Å². The van der Waals surface area contributed by atoms with E-state index in [0.29, 0.717) is 11.5 Å². The molecule has 1 N–H and O–H groups in total. The van der Waals surface area contributed by atoms with Crippen molar-refractivity contribution in [3.63, 3.8) is 0 Å². The van der Waals surface area contributed by atoms with Gasteiger partial charge in [0.05, 0.1) is 28.9 Å². The van der Waals surface area contributed by atoms with E-state index in [-0.39, 0.29) is 10.8 Å². The van der Waals surface area contributed by atoms with Crippen LogP contribution in [0.15, 0.2) is 24.5 Å². The Kier molecular flexibility index (Phi) is 2.92. The summed E-state index contributed by atoms with van der Waals surface area (Å²) in [6, 6.07) is 2.49. The Bertz CT molecular complexity index is 568. The first kappa shape index (κ1) is 11.3. The molecule has 0 radical (unpaired) electrons. The van der Waals surface area contributed by atoms with E-state index in [4.69, 9.17) is 11.6 Å². The van der Waals surface area contributed by atoms with Gasteiger partial charge < -0.3 is 5.32 Å². The highest BCUT2D eigenvalue weighted by Crippen LogP contribution is 2.22. The van der Waals surface area contributed by atoms with Crippen LogP contribution in [0.25, 0.3) is 0 Å². The van der Waals surface area contributed by atoms with Gasteiger partial charge in [0.2, 0.25) is 0 Å². The van der Waals surface area contributed by atoms with E-state index in [9.17, 15) is 10.1 Å². The van der Waals surface area contributed by atoms with Crippen molar-refractivity contribution in [2.45, 2.75) is 0 Å². The number of aromatic nitrogens is 3. The second-order valence-electron chi connectivity index (χ2n) is 3.32. The zero-order chi connectivity index (χ0) is 12.4. The van der Waals surface area contributed by atoms with Crippen molar-refractivity contribution >= 4 is 28.8 Å². The van der Waals surface area contributed by atoms with Crippen LogP contribution in [0.5, 0.6) is 0 Å². The lowest BCUT2D eigenvalue weighted by atomic mass is 10.4. The Labute approximate surface area is 101 Å². The summed E-state index contributed by atoms with van der Waals surface area (Å²) in [5.41, 5.74) is 0.563. The summed E-state index contributed by atoms with van der Waals surface area (Å²) in [6.45, 7) is 0. The van der Waals surface area contributed by atoms with Crippen LogP contribution in [-0.2, 0) is 7.05 Å².